The summed E-state index contributed by atoms with van der Waals surface area (Å²) in [6.07, 6.45) is 0.871. The first-order chi connectivity index (χ1) is 13.9. The predicted octanol–water partition coefficient (Wildman–Crippen LogP) is 3.96. The molecule has 0 spiro atoms. The Morgan fingerprint density at radius 3 is 2.55 bits per heavy atom. The first kappa shape index (κ1) is 20.5. The zero-order valence-electron chi connectivity index (χ0n) is 17.2. The molecule has 0 aliphatic rings. The minimum absolute atomic E-state index is 0.166. The average molecular weight is 394 g/mol. The molecule has 2 N–H and O–H groups in total. The van der Waals surface area contributed by atoms with Gasteiger partial charge in [0.05, 0.1) is 34.9 Å². The molecule has 1 amide bonds. The fourth-order valence-electron chi connectivity index (χ4n) is 3.16. The Labute approximate surface area is 169 Å². The second kappa shape index (κ2) is 8.86. The van der Waals surface area contributed by atoms with E-state index in [4.69, 9.17) is 4.74 Å². The van der Waals surface area contributed by atoms with Crippen LogP contribution < -0.4 is 5.32 Å². The zero-order valence-corrected chi connectivity index (χ0v) is 17.2. The maximum Gasteiger partial charge on any atom is 0.339 e. The van der Waals surface area contributed by atoms with Crippen LogP contribution >= 0.6 is 0 Å². The summed E-state index contributed by atoms with van der Waals surface area (Å²) in [7, 11) is 0. The van der Waals surface area contributed by atoms with Gasteiger partial charge in [-0.05, 0) is 44.0 Å². The monoisotopic (exact) mass is 394 g/mol. The Hall–Kier alpha value is -3.22. The number of aromatic amines is 1. The number of carbonyl (C=O) groups is 2. The lowest BCUT2D eigenvalue weighted by molar-refractivity contribution is 0.0524. The molecule has 2 aromatic heterocycles. The highest BCUT2D eigenvalue weighted by Crippen LogP contribution is 2.25. The van der Waals surface area contributed by atoms with Gasteiger partial charge in [-0.1, -0.05) is 32.4 Å². The molecule has 0 bridgehead atoms. The minimum Gasteiger partial charge on any atom is -0.462 e. The largest absolute Gasteiger partial charge is 0.462 e. The number of esters is 1. The van der Waals surface area contributed by atoms with Gasteiger partial charge in [0.25, 0.3) is 5.91 Å². The molecular formula is C22H26N4O3. The topological polar surface area (TPSA) is 97.0 Å². The van der Waals surface area contributed by atoms with E-state index in [2.05, 4.69) is 34.1 Å². The SMILES string of the molecule is CCOC(=O)c1ccc(C(=O)NC(c2nc3ccccc3[nH]2)C(C)CC)nc1C. The fourth-order valence-corrected chi connectivity index (χ4v) is 3.16. The Kier molecular flexibility index (Phi) is 6.26. The Bertz CT molecular complexity index is 995. The molecule has 0 radical (unpaired) electrons. The van der Waals surface area contributed by atoms with Gasteiger partial charge in [-0.25, -0.2) is 14.8 Å². The van der Waals surface area contributed by atoms with E-state index < -0.39 is 5.97 Å². The van der Waals surface area contributed by atoms with Crippen molar-refractivity contribution < 1.29 is 14.3 Å². The quantitative estimate of drug-likeness (QED) is 0.591. The van der Waals surface area contributed by atoms with Gasteiger partial charge < -0.3 is 15.0 Å². The van der Waals surface area contributed by atoms with Gasteiger partial charge >= 0.3 is 5.97 Å². The summed E-state index contributed by atoms with van der Waals surface area (Å²) in [6.45, 7) is 7.86. The molecule has 29 heavy (non-hydrogen) atoms. The van der Waals surface area contributed by atoms with E-state index in [0.717, 1.165) is 17.5 Å². The lowest BCUT2D eigenvalue weighted by atomic mass is 9.98. The highest BCUT2D eigenvalue weighted by Gasteiger charge is 2.25. The van der Waals surface area contributed by atoms with Crippen molar-refractivity contribution in [3.05, 3.63) is 59.2 Å². The number of aryl methyl sites for hydroxylation is 1. The van der Waals surface area contributed by atoms with Crippen LogP contribution in [-0.2, 0) is 4.74 Å². The molecule has 3 aromatic rings. The number of H-pyrrole nitrogens is 1. The van der Waals surface area contributed by atoms with Crippen molar-refractivity contribution >= 4 is 22.9 Å². The first-order valence-corrected chi connectivity index (χ1v) is 9.84. The third kappa shape index (κ3) is 4.45. The number of amides is 1. The van der Waals surface area contributed by atoms with Gasteiger partial charge in [0, 0.05) is 0 Å². The van der Waals surface area contributed by atoms with E-state index in [1.54, 1.807) is 26.0 Å². The summed E-state index contributed by atoms with van der Waals surface area (Å²) in [5.74, 6) is 0.131. The number of imidazole rings is 1. The molecule has 2 heterocycles. The van der Waals surface area contributed by atoms with Crippen molar-refractivity contribution in [3.63, 3.8) is 0 Å². The number of hydrogen-bond acceptors (Lipinski definition) is 5. The maximum absolute atomic E-state index is 12.9. The number of nitrogens with one attached hydrogen (secondary N) is 2. The van der Waals surface area contributed by atoms with Crippen LogP contribution in [0.2, 0.25) is 0 Å². The number of carbonyl (C=O) groups excluding carboxylic acids is 2. The zero-order chi connectivity index (χ0) is 21.0. The summed E-state index contributed by atoms with van der Waals surface area (Å²) in [5.41, 5.74) is 2.86. The lowest BCUT2D eigenvalue weighted by Crippen LogP contribution is -2.34. The van der Waals surface area contributed by atoms with Crippen LogP contribution in [0.4, 0.5) is 0 Å². The van der Waals surface area contributed by atoms with Gasteiger partial charge in [0.1, 0.15) is 11.5 Å². The number of fused-ring (bicyclic) bond motifs is 1. The van der Waals surface area contributed by atoms with Crippen LogP contribution in [0, 0.1) is 12.8 Å². The maximum atomic E-state index is 12.9. The number of ether oxygens (including phenoxy) is 1. The summed E-state index contributed by atoms with van der Waals surface area (Å²) in [6, 6.07) is 10.6. The Morgan fingerprint density at radius 2 is 1.90 bits per heavy atom. The summed E-state index contributed by atoms with van der Waals surface area (Å²) in [4.78, 5) is 37.1. The van der Waals surface area contributed by atoms with Crippen LogP contribution in [0.3, 0.4) is 0 Å². The van der Waals surface area contributed by atoms with Crippen LogP contribution in [0.5, 0.6) is 0 Å². The number of nitrogens with zero attached hydrogens (tertiary/aromatic N) is 2. The van der Waals surface area contributed by atoms with Crippen molar-refractivity contribution in [2.75, 3.05) is 6.61 Å². The van der Waals surface area contributed by atoms with Crippen LogP contribution in [-0.4, -0.2) is 33.4 Å². The molecule has 0 aliphatic carbocycles. The molecule has 1 aromatic carbocycles. The first-order valence-electron chi connectivity index (χ1n) is 9.84. The van der Waals surface area contributed by atoms with Gasteiger partial charge in [0.2, 0.25) is 0 Å². The summed E-state index contributed by atoms with van der Waals surface area (Å²) < 4.78 is 5.01. The van der Waals surface area contributed by atoms with E-state index in [0.29, 0.717) is 17.1 Å². The summed E-state index contributed by atoms with van der Waals surface area (Å²) >= 11 is 0. The van der Waals surface area contributed by atoms with Crippen LogP contribution in [0.15, 0.2) is 36.4 Å². The molecule has 0 aliphatic heterocycles. The van der Waals surface area contributed by atoms with E-state index in [1.165, 1.54) is 0 Å². The van der Waals surface area contributed by atoms with Crippen LogP contribution in [0.25, 0.3) is 11.0 Å². The highest BCUT2D eigenvalue weighted by atomic mass is 16.5. The molecule has 0 saturated carbocycles. The van der Waals surface area contributed by atoms with Crippen molar-refractivity contribution in [1.82, 2.24) is 20.3 Å². The van der Waals surface area contributed by atoms with Crippen molar-refractivity contribution in [3.8, 4) is 0 Å². The third-order valence-electron chi connectivity index (χ3n) is 5.02. The van der Waals surface area contributed by atoms with E-state index in [-0.39, 0.29) is 30.2 Å². The van der Waals surface area contributed by atoms with E-state index >= 15 is 0 Å². The minimum atomic E-state index is -0.441. The molecule has 3 rings (SSSR count). The molecule has 7 nitrogen and oxygen atoms in total. The number of pyridine rings is 1. The van der Waals surface area contributed by atoms with Gasteiger partial charge in [-0.15, -0.1) is 0 Å². The molecular weight excluding hydrogens is 368 g/mol. The van der Waals surface area contributed by atoms with Crippen molar-refractivity contribution in [2.24, 2.45) is 5.92 Å². The highest BCUT2D eigenvalue weighted by molar-refractivity contribution is 5.95. The second-order valence-electron chi connectivity index (χ2n) is 7.03. The smallest absolute Gasteiger partial charge is 0.339 e. The average Bonchev–Trinajstić information content (AvgIpc) is 3.15. The third-order valence-corrected chi connectivity index (χ3v) is 5.02. The normalized spacial score (nSPS) is 13.1. The van der Waals surface area contributed by atoms with Gasteiger partial charge in [-0.2, -0.15) is 0 Å². The van der Waals surface area contributed by atoms with Gasteiger partial charge in [0.15, 0.2) is 0 Å². The Balaban J connectivity index is 1.85. The molecule has 7 heteroatoms. The fraction of sp³-hybridized carbons (Fsp3) is 0.364. The Morgan fingerprint density at radius 1 is 1.14 bits per heavy atom. The predicted molar refractivity (Wildman–Crippen MR) is 111 cm³/mol. The second-order valence-corrected chi connectivity index (χ2v) is 7.03. The number of aromatic nitrogens is 3. The molecule has 0 saturated heterocycles. The van der Waals surface area contributed by atoms with Crippen LogP contribution in [0.1, 0.15) is 65.6 Å². The lowest BCUT2D eigenvalue weighted by Gasteiger charge is -2.22. The standard InChI is InChI=1S/C22H26N4O3/c1-5-13(3)19(20-24-16-9-7-8-10-17(16)25-20)26-21(27)18-12-11-15(14(4)23-18)22(28)29-6-2/h7-13,19H,5-6H2,1-4H3,(H,24,25)(H,26,27). The molecule has 0 fully saturated rings. The van der Waals surface area contributed by atoms with Gasteiger partial charge in [-0.3, -0.25) is 4.79 Å². The van der Waals surface area contributed by atoms with E-state index in [1.807, 2.05) is 24.3 Å². The summed E-state index contributed by atoms with van der Waals surface area (Å²) in [5, 5.41) is 3.05. The molecule has 152 valence electrons. The van der Waals surface area contributed by atoms with E-state index in [9.17, 15) is 9.59 Å². The van der Waals surface area contributed by atoms with Crippen molar-refractivity contribution in [1.29, 1.82) is 0 Å². The number of para-hydroxylation sites is 2. The number of hydrogen-bond donors (Lipinski definition) is 2. The molecule has 2 unspecified atom stereocenters. The number of rotatable bonds is 7. The van der Waals surface area contributed by atoms with Crippen molar-refractivity contribution in [2.45, 2.75) is 40.2 Å². The molecule has 2 atom stereocenters. The number of benzene rings is 1.